The summed E-state index contributed by atoms with van der Waals surface area (Å²) >= 11 is 0. The molecule has 0 amide bonds. The summed E-state index contributed by atoms with van der Waals surface area (Å²) in [6.45, 7) is 3.47. The minimum Gasteiger partial charge on any atom is -0.462 e. The van der Waals surface area contributed by atoms with Gasteiger partial charge in [-0.3, -0.25) is 18.6 Å². The Kier molecular flexibility index (Phi) is 38.3. The predicted molar refractivity (Wildman–Crippen MR) is 228 cm³/mol. The Bertz CT molecular complexity index is 1220. The van der Waals surface area contributed by atoms with Crippen LogP contribution in [0.2, 0.25) is 0 Å². The molecule has 0 spiro atoms. The summed E-state index contributed by atoms with van der Waals surface area (Å²) in [5, 5.41) is 0. The Hall–Kier alpha value is -3.07. The van der Waals surface area contributed by atoms with Gasteiger partial charge in [0.25, 0.3) is 0 Å². The monoisotopic (exact) mass is 788 g/mol. The van der Waals surface area contributed by atoms with Crippen molar-refractivity contribution < 1.29 is 37.6 Å². The van der Waals surface area contributed by atoms with Gasteiger partial charge in [0.2, 0.25) is 0 Å². The van der Waals surface area contributed by atoms with Gasteiger partial charge in [-0.15, -0.1) is 0 Å². The molecule has 0 fully saturated rings. The molecule has 2 atom stereocenters. The Morgan fingerprint density at radius 3 is 1.53 bits per heavy atom. The van der Waals surface area contributed by atoms with Gasteiger partial charge in [0.05, 0.1) is 13.2 Å². The van der Waals surface area contributed by atoms with Crippen molar-refractivity contribution in [2.24, 2.45) is 5.73 Å². The number of hydrogen-bond acceptors (Lipinski definition) is 8. The van der Waals surface area contributed by atoms with E-state index < -0.39 is 32.5 Å². The van der Waals surface area contributed by atoms with Gasteiger partial charge in [0, 0.05) is 19.4 Å². The average molecular weight is 788 g/mol. The van der Waals surface area contributed by atoms with Crippen LogP contribution in [0.25, 0.3) is 0 Å². The molecule has 3 N–H and O–H groups in total. The second-order valence-electron chi connectivity index (χ2n) is 13.1. The van der Waals surface area contributed by atoms with Gasteiger partial charge in [-0.05, 0) is 89.9 Å². The molecule has 1 unspecified atom stereocenters. The van der Waals surface area contributed by atoms with Gasteiger partial charge in [-0.2, -0.15) is 0 Å². The topological polar surface area (TPSA) is 134 Å². The second kappa shape index (κ2) is 40.6. The molecule has 0 heterocycles. The largest absolute Gasteiger partial charge is 0.472 e. The lowest BCUT2D eigenvalue weighted by Crippen LogP contribution is -2.29. The number of hydrogen-bond donors (Lipinski definition) is 2. The van der Waals surface area contributed by atoms with Crippen LogP contribution in [0, 0.1) is 0 Å². The quantitative estimate of drug-likeness (QED) is 0.0273. The van der Waals surface area contributed by atoms with Crippen molar-refractivity contribution in [1.29, 1.82) is 0 Å². The minimum atomic E-state index is -4.40. The molecule has 0 bridgehead atoms. The molecule has 0 aliphatic carbocycles. The number of unbranched alkanes of at least 4 members (excludes halogenated alkanes) is 8. The van der Waals surface area contributed by atoms with E-state index in [1.165, 1.54) is 25.7 Å². The van der Waals surface area contributed by atoms with Crippen LogP contribution in [0.3, 0.4) is 0 Å². The van der Waals surface area contributed by atoms with Crippen molar-refractivity contribution in [3.05, 3.63) is 97.2 Å². The Morgan fingerprint density at radius 1 is 0.564 bits per heavy atom. The van der Waals surface area contributed by atoms with Gasteiger partial charge in [0.15, 0.2) is 6.10 Å². The third-order valence-electron chi connectivity index (χ3n) is 7.95. The first-order valence-electron chi connectivity index (χ1n) is 20.7. The lowest BCUT2D eigenvalue weighted by molar-refractivity contribution is -0.161. The summed E-state index contributed by atoms with van der Waals surface area (Å²) in [7, 11) is -4.40. The molecule has 10 heteroatoms. The number of rotatable bonds is 37. The van der Waals surface area contributed by atoms with E-state index in [0.29, 0.717) is 12.8 Å². The highest BCUT2D eigenvalue weighted by Gasteiger charge is 2.25. The van der Waals surface area contributed by atoms with Crippen molar-refractivity contribution in [3.8, 4) is 0 Å². The molecule has 9 nitrogen and oxygen atoms in total. The molecule has 0 saturated heterocycles. The van der Waals surface area contributed by atoms with E-state index in [9.17, 15) is 19.0 Å². The molecule has 0 aromatic carbocycles. The number of esters is 2. The minimum absolute atomic E-state index is 0.0363. The highest BCUT2D eigenvalue weighted by Crippen LogP contribution is 2.43. The summed E-state index contributed by atoms with van der Waals surface area (Å²) < 4.78 is 32.7. The van der Waals surface area contributed by atoms with Crippen LogP contribution in [0.15, 0.2) is 97.2 Å². The highest BCUT2D eigenvalue weighted by molar-refractivity contribution is 7.47. The maximum atomic E-state index is 12.6. The Morgan fingerprint density at radius 2 is 1.02 bits per heavy atom. The molecular formula is C45H74NO8P. The predicted octanol–water partition coefficient (Wildman–Crippen LogP) is 11.8. The van der Waals surface area contributed by atoms with Crippen LogP contribution >= 0.6 is 7.82 Å². The Balaban J connectivity index is 4.35. The fourth-order valence-electron chi connectivity index (χ4n) is 4.91. The SMILES string of the molecule is CCC=CCC=CCC=CCC=CCC=CCCCC(=O)OC[C@H](COP(=O)(O)OCCN)OC(=O)CCCCCCC=CCC=CCC=CCCCCC. The molecule has 0 aliphatic heterocycles. The zero-order chi connectivity index (χ0) is 40.3. The number of ether oxygens (including phenoxy) is 2. The standard InChI is InChI=1S/C45H74NO8P/c1-3-5-7-9-11-13-15-17-19-21-23-25-27-29-31-33-35-37-44(47)51-41-43(42-53-55(49,50)52-40-39-46)54-45(48)38-36-34-32-30-28-26-24-22-20-18-16-14-12-10-8-6-4-2/h5,7,11-14,17-20,23-26,29,31,43H,3-4,6,8-10,15-16,21-22,27-28,30,32-42,46H2,1-2H3,(H,49,50)/t43-/m1/s1. The van der Waals surface area contributed by atoms with Crippen molar-refractivity contribution in [2.75, 3.05) is 26.4 Å². The van der Waals surface area contributed by atoms with Crippen LogP contribution in [0.4, 0.5) is 0 Å². The van der Waals surface area contributed by atoms with Gasteiger partial charge >= 0.3 is 19.8 Å². The summed E-state index contributed by atoms with van der Waals surface area (Å²) in [5.41, 5.74) is 5.34. The first kappa shape index (κ1) is 51.9. The second-order valence-corrected chi connectivity index (χ2v) is 14.6. The molecule has 0 radical (unpaired) electrons. The lowest BCUT2D eigenvalue weighted by Gasteiger charge is -2.19. The van der Waals surface area contributed by atoms with E-state index in [0.717, 1.165) is 77.0 Å². The molecule has 0 aromatic heterocycles. The van der Waals surface area contributed by atoms with Crippen molar-refractivity contribution in [2.45, 2.75) is 148 Å². The molecule has 0 saturated carbocycles. The first-order chi connectivity index (χ1) is 26.8. The first-order valence-corrected chi connectivity index (χ1v) is 22.2. The Labute approximate surface area is 334 Å². The fraction of sp³-hybridized carbons (Fsp3) is 0.600. The zero-order valence-corrected chi connectivity index (χ0v) is 35.0. The number of carbonyl (C=O) groups excluding carboxylic acids is 2. The average Bonchev–Trinajstić information content (AvgIpc) is 3.17. The van der Waals surface area contributed by atoms with Crippen LogP contribution in [-0.2, 0) is 32.7 Å². The van der Waals surface area contributed by atoms with E-state index in [4.69, 9.17) is 24.3 Å². The van der Waals surface area contributed by atoms with Crippen LogP contribution in [-0.4, -0.2) is 49.3 Å². The third-order valence-corrected chi connectivity index (χ3v) is 8.94. The summed E-state index contributed by atoms with van der Waals surface area (Å²) in [5.74, 6) is -0.934. The van der Waals surface area contributed by atoms with E-state index in [2.05, 4.69) is 105 Å². The molecule has 0 rings (SSSR count). The summed E-state index contributed by atoms with van der Waals surface area (Å²) in [4.78, 5) is 34.8. The number of carbonyl (C=O) groups is 2. The van der Waals surface area contributed by atoms with Crippen LogP contribution < -0.4 is 5.73 Å². The number of phosphoric acid groups is 1. The molecule has 312 valence electrons. The number of nitrogens with two attached hydrogens (primary N) is 1. The van der Waals surface area contributed by atoms with Crippen molar-refractivity contribution in [3.63, 3.8) is 0 Å². The fourth-order valence-corrected chi connectivity index (χ4v) is 5.67. The van der Waals surface area contributed by atoms with E-state index in [1.807, 2.05) is 6.08 Å². The molecule has 0 aliphatic rings. The molecule has 55 heavy (non-hydrogen) atoms. The maximum Gasteiger partial charge on any atom is 0.472 e. The summed E-state index contributed by atoms with van der Waals surface area (Å²) in [6, 6.07) is 0. The van der Waals surface area contributed by atoms with Crippen LogP contribution in [0.5, 0.6) is 0 Å². The van der Waals surface area contributed by atoms with E-state index in [1.54, 1.807) is 0 Å². The maximum absolute atomic E-state index is 12.6. The smallest absolute Gasteiger partial charge is 0.462 e. The van der Waals surface area contributed by atoms with Crippen molar-refractivity contribution in [1.82, 2.24) is 0 Å². The van der Waals surface area contributed by atoms with Crippen molar-refractivity contribution >= 4 is 19.8 Å². The number of phosphoric ester groups is 1. The zero-order valence-electron chi connectivity index (χ0n) is 34.1. The van der Waals surface area contributed by atoms with Gasteiger partial charge in [-0.1, -0.05) is 137 Å². The molecule has 0 aromatic rings. The van der Waals surface area contributed by atoms with E-state index in [-0.39, 0.29) is 32.6 Å². The summed E-state index contributed by atoms with van der Waals surface area (Å²) in [6.07, 6.45) is 51.5. The lowest BCUT2D eigenvalue weighted by atomic mass is 10.1. The number of allylic oxidation sites excluding steroid dienone is 16. The van der Waals surface area contributed by atoms with Gasteiger partial charge in [0.1, 0.15) is 6.61 Å². The highest BCUT2D eigenvalue weighted by atomic mass is 31.2. The van der Waals surface area contributed by atoms with Gasteiger partial charge in [-0.25, -0.2) is 4.57 Å². The van der Waals surface area contributed by atoms with Crippen LogP contribution in [0.1, 0.15) is 142 Å². The third kappa shape index (κ3) is 40.4. The van der Waals surface area contributed by atoms with Gasteiger partial charge < -0.3 is 20.1 Å². The normalized spacial score (nSPS) is 14.3. The van der Waals surface area contributed by atoms with E-state index >= 15 is 0 Å². The molecular weight excluding hydrogens is 713 g/mol.